The molecular formula is C10H15BrMgO2. The molecule has 0 bridgehead atoms. The molecule has 1 atom stereocenters. The van der Waals surface area contributed by atoms with Crippen LogP contribution >= 0.6 is 0 Å². The van der Waals surface area contributed by atoms with Crippen molar-refractivity contribution in [1.29, 1.82) is 0 Å². The Bertz CT molecular complexity index is 153. The molecule has 0 radical (unpaired) electrons. The van der Waals surface area contributed by atoms with Crippen LogP contribution in [-0.2, 0) is 9.47 Å². The predicted molar refractivity (Wildman–Crippen MR) is 51.7 cm³/mol. The summed E-state index contributed by atoms with van der Waals surface area (Å²) in [6.07, 6.45) is 11.7. The van der Waals surface area contributed by atoms with Crippen LogP contribution in [0.4, 0.5) is 0 Å². The molecule has 0 spiro atoms. The standard InChI is InChI=1S/C10H15O2.BrH.Mg/c1-2-3-5-8-11-10-7-4-6-9-12-10;;/h10H,3-9H2;1H;/q-1;;+2/p-1. The summed E-state index contributed by atoms with van der Waals surface area (Å²) >= 11 is 0. The fourth-order valence-electron chi connectivity index (χ4n) is 1.22. The quantitative estimate of drug-likeness (QED) is 0.269. The number of unbranched alkanes of at least 4 members (excludes halogenated alkanes) is 1. The maximum Gasteiger partial charge on any atom is 2.00 e. The van der Waals surface area contributed by atoms with Gasteiger partial charge in [0.2, 0.25) is 0 Å². The Morgan fingerprint density at radius 2 is 2.21 bits per heavy atom. The average molecular weight is 271 g/mol. The number of hydrogen-bond donors (Lipinski definition) is 0. The zero-order valence-corrected chi connectivity index (χ0v) is 11.4. The number of hydrogen-bond acceptors (Lipinski definition) is 2. The zero-order valence-electron chi connectivity index (χ0n) is 8.43. The van der Waals surface area contributed by atoms with Gasteiger partial charge in [-0.15, -0.1) is 0 Å². The van der Waals surface area contributed by atoms with Gasteiger partial charge in [0.15, 0.2) is 6.29 Å². The van der Waals surface area contributed by atoms with Gasteiger partial charge in [0.25, 0.3) is 0 Å². The summed E-state index contributed by atoms with van der Waals surface area (Å²) in [7, 11) is 0. The Hall–Kier alpha value is 0.726. The maximum atomic E-state index is 6.69. The van der Waals surface area contributed by atoms with E-state index in [-0.39, 0.29) is 46.3 Å². The van der Waals surface area contributed by atoms with Crippen LogP contribution < -0.4 is 17.0 Å². The predicted octanol–water partition coefficient (Wildman–Crippen LogP) is -1.48. The fourth-order valence-corrected chi connectivity index (χ4v) is 1.22. The Morgan fingerprint density at radius 3 is 2.79 bits per heavy atom. The van der Waals surface area contributed by atoms with Crippen molar-refractivity contribution in [2.45, 2.75) is 38.4 Å². The topological polar surface area (TPSA) is 18.5 Å². The van der Waals surface area contributed by atoms with Crippen LogP contribution in [0.1, 0.15) is 32.1 Å². The van der Waals surface area contributed by atoms with Crippen molar-refractivity contribution in [3.8, 4) is 5.92 Å². The van der Waals surface area contributed by atoms with E-state index >= 15 is 0 Å². The van der Waals surface area contributed by atoms with E-state index in [1.165, 1.54) is 6.42 Å². The van der Waals surface area contributed by atoms with Crippen LogP contribution in [0.5, 0.6) is 0 Å². The monoisotopic (exact) mass is 270 g/mol. The van der Waals surface area contributed by atoms with E-state index in [0.29, 0.717) is 13.0 Å². The number of ether oxygens (including phenoxy) is 2. The Kier molecular flexibility index (Phi) is 14.4. The molecule has 1 aliphatic heterocycles. The van der Waals surface area contributed by atoms with Crippen molar-refractivity contribution in [3.63, 3.8) is 0 Å². The minimum absolute atomic E-state index is 0. The third-order valence-corrected chi connectivity index (χ3v) is 1.89. The first-order valence-corrected chi connectivity index (χ1v) is 4.56. The molecule has 2 nitrogen and oxygen atoms in total. The van der Waals surface area contributed by atoms with Crippen LogP contribution in [0.3, 0.4) is 0 Å². The summed E-state index contributed by atoms with van der Waals surface area (Å²) in [5.74, 6) is 2.33. The molecule has 14 heavy (non-hydrogen) atoms. The van der Waals surface area contributed by atoms with E-state index in [1.807, 2.05) is 0 Å². The molecule has 0 aromatic rings. The summed E-state index contributed by atoms with van der Waals surface area (Å²) in [6.45, 7) is 1.53. The van der Waals surface area contributed by atoms with Gasteiger partial charge in [-0.3, -0.25) is 0 Å². The van der Waals surface area contributed by atoms with E-state index in [0.717, 1.165) is 25.9 Å². The zero-order chi connectivity index (χ0) is 8.65. The summed E-state index contributed by atoms with van der Waals surface area (Å²) in [6, 6.07) is 0. The van der Waals surface area contributed by atoms with Gasteiger partial charge in [-0.05, 0) is 32.1 Å². The first kappa shape index (κ1) is 17.1. The Morgan fingerprint density at radius 1 is 1.43 bits per heavy atom. The normalized spacial score (nSPS) is 20.1. The molecule has 4 heteroatoms. The Balaban J connectivity index is 0. The minimum Gasteiger partial charge on any atom is -1.00 e. The second kappa shape index (κ2) is 11.8. The number of rotatable bonds is 4. The molecule has 0 amide bonds. The minimum atomic E-state index is 0. The fraction of sp³-hybridized carbons (Fsp3) is 0.800. The maximum absolute atomic E-state index is 6.69. The Labute approximate surface area is 113 Å². The van der Waals surface area contributed by atoms with Crippen molar-refractivity contribution in [2.24, 2.45) is 0 Å². The summed E-state index contributed by atoms with van der Waals surface area (Å²) in [5.41, 5.74) is 0. The molecular weight excluding hydrogens is 256 g/mol. The van der Waals surface area contributed by atoms with Crippen molar-refractivity contribution in [3.05, 3.63) is 6.42 Å². The first-order chi connectivity index (χ1) is 5.93. The van der Waals surface area contributed by atoms with Gasteiger partial charge in [0, 0.05) is 6.61 Å². The molecule has 1 fully saturated rings. The largest absolute Gasteiger partial charge is 2.00 e. The van der Waals surface area contributed by atoms with Crippen LogP contribution in [0.25, 0.3) is 0 Å². The molecule has 1 aliphatic rings. The molecule has 0 saturated carbocycles. The van der Waals surface area contributed by atoms with Gasteiger partial charge < -0.3 is 38.8 Å². The van der Waals surface area contributed by atoms with Gasteiger partial charge in [0.1, 0.15) is 0 Å². The first-order valence-electron chi connectivity index (χ1n) is 4.56. The third-order valence-electron chi connectivity index (χ3n) is 1.89. The van der Waals surface area contributed by atoms with Gasteiger partial charge >= 0.3 is 23.1 Å². The molecule has 76 valence electrons. The summed E-state index contributed by atoms with van der Waals surface area (Å²) in [4.78, 5) is 0. The van der Waals surface area contributed by atoms with Crippen molar-refractivity contribution in [1.82, 2.24) is 0 Å². The van der Waals surface area contributed by atoms with Crippen LogP contribution in [0, 0.1) is 12.3 Å². The molecule has 1 unspecified atom stereocenters. The van der Waals surface area contributed by atoms with Crippen LogP contribution in [-0.4, -0.2) is 42.6 Å². The molecule has 0 aliphatic carbocycles. The van der Waals surface area contributed by atoms with Crippen LogP contribution in [0.15, 0.2) is 0 Å². The molecule has 0 aromatic carbocycles. The van der Waals surface area contributed by atoms with E-state index < -0.39 is 0 Å². The van der Waals surface area contributed by atoms with E-state index in [4.69, 9.17) is 15.9 Å². The molecule has 0 N–H and O–H groups in total. The summed E-state index contributed by atoms with van der Waals surface area (Å²) in [5, 5.41) is 0. The van der Waals surface area contributed by atoms with Crippen molar-refractivity contribution in [2.75, 3.05) is 13.2 Å². The van der Waals surface area contributed by atoms with Crippen molar-refractivity contribution < 1.29 is 26.5 Å². The van der Waals surface area contributed by atoms with Gasteiger partial charge in [-0.2, -0.15) is 0 Å². The van der Waals surface area contributed by atoms with Gasteiger partial charge in [-0.25, -0.2) is 0 Å². The number of halogens is 1. The van der Waals surface area contributed by atoms with E-state index in [9.17, 15) is 0 Å². The van der Waals surface area contributed by atoms with E-state index in [1.54, 1.807) is 0 Å². The second-order valence-corrected chi connectivity index (χ2v) is 2.95. The molecule has 1 heterocycles. The SMILES string of the molecule is [Br-].[C-]#CCCCOC1CCCCO1.[Mg+2]. The van der Waals surface area contributed by atoms with Crippen LogP contribution in [0.2, 0.25) is 0 Å². The third kappa shape index (κ3) is 8.07. The molecule has 1 saturated heterocycles. The van der Waals surface area contributed by atoms with E-state index in [2.05, 4.69) is 5.92 Å². The van der Waals surface area contributed by atoms with Crippen molar-refractivity contribution >= 4 is 23.1 Å². The molecule has 1 rings (SSSR count). The smallest absolute Gasteiger partial charge is 1.00 e. The van der Waals surface area contributed by atoms with Gasteiger partial charge in [0.05, 0.1) is 6.61 Å². The second-order valence-electron chi connectivity index (χ2n) is 2.95. The molecule has 0 aromatic heterocycles. The average Bonchev–Trinajstić information content (AvgIpc) is 2.14. The summed E-state index contributed by atoms with van der Waals surface area (Å²) < 4.78 is 10.8. The van der Waals surface area contributed by atoms with Gasteiger partial charge in [-0.1, -0.05) is 0 Å².